The van der Waals surface area contributed by atoms with E-state index in [9.17, 15) is 0 Å². The van der Waals surface area contributed by atoms with Gasteiger partial charge >= 0.3 is 0 Å². The standard InChI is InChI=1S/C8H8I2S2.C2H6.CH4/c9-11-5-7-3-1-2-4-8(7)6-12-10;1-2;/h1-4H,5-6H2;1-2H3;1H4. The van der Waals surface area contributed by atoms with Gasteiger partial charge < -0.3 is 0 Å². The maximum Gasteiger partial charge on any atom is 0.0288 e. The van der Waals surface area contributed by atoms with E-state index in [1.165, 1.54) is 11.1 Å². The third-order valence-electron chi connectivity index (χ3n) is 1.54. The van der Waals surface area contributed by atoms with Gasteiger partial charge in [0.05, 0.1) is 0 Å². The Labute approximate surface area is 127 Å². The van der Waals surface area contributed by atoms with Crippen molar-refractivity contribution in [3.63, 3.8) is 0 Å². The summed E-state index contributed by atoms with van der Waals surface area (Å²) in [6.07, 6.45) is 0. The summed E-state index contributed by atoms with van der Waals surface area (Å²) in [5, 5.41) is 0. The highest BCUT2D eigenvalue weighted by atomic mass is 127. The first kappa shape index (κ1) is 18.7. The largest absolute Gasteiger partial charge is 0.0846 e. The number of hydrogen-bond donors (Lipinski definition) is 0. The SMILES string of the molecule is C.CC.ISCc1ccccc1CSI. The van der Waals surface area contributed by atoms with Crippen LogP contribution < -0.4 is 0 Å². The molecular weight excluding hydrogens is 450 g/mol. The van der Waals surface area contributed by atoms with Crippen molar-refractivity contribution in [3.8, 4) is 0 Å². The van der Waals surface area contributed by atoms with Crippen LogP contribution in [0.3, 0.4) is 0 Å². The molecule has 15 heavy (non-hydrogen) atoms. The van der Waals surface area contributed by atoms with Gasteiger partial charge in [0.15, 0.2) is 0 Å². The zero-order chi connectivity index (χ0) is 10.8. The average molecular weight is 468 g/mol. The van der Waals surface area contributed by atoms with Crippen LogP contribution in [0.25, 0.3) is 0 Å². The molecule has 4 heteroatoms. The van der Waals surface area contributed by atoms with Gasteiger partial charge in [0, 0.05) is 11.5 Å². The molecule has 0 aromatic heterocycles. The van der Waals surface area contributed by atoms with Crippen LogP contribution in [0.15, 0.2) is 24.3 Å². The summed E-state index contributed by atoms with van der Waals surface area (Å²) >= 11 is 4.69. The Kier molecular flexibility index (Phi) is 16.8. The molecule has 0 saturated carbocycles. The average Bonchev–Trinajstić information content (AvgIpc) is 2.25. The molecule has 0 saturated heterocycles. The highest BCUT2D eigenvalue weighted by Gasteiger charge is 1.99. The van der Waals surface area contributed by atoms with Gasteiger partial charge in [0.2, 0.25) is 0 Å². The lowest BCUT2D eigenvalue weighted by Crippen LogP contribution is -1.87. The van der Waals surface area contributed by atoms with Gasteiger partial charge in [-0.25, -0.2) is 0 Å². The number of hydrogen-bond acceptors (Lipinski definition) is 2. The first-order chi connectivity index (χ1) is 6.88. The number of rotatable bonds is 4. The topological polar surface area (TPSA) is 0 Å². The van der Waals surface area contributed by atoms with Crippen LogP contribution in [0.2, 0.25) is 0 Å². The van der Waals surface area contributed by atoms with E-state index in [2.05, 4.69) is 66.7 Å². The van der Waals surface area contributed by atoms with Gasteiger partial charge in [0.25, 0.3) is 0 Å². The van der Waals surface area contributed by atoms with E-state index in [0.717, 1.165) is 11.5 Å². The van der Waals surface area contributed by atoms with Crippen molar-refractivity contribution in [1.82, 2.24) is 0 Å². The number of benzene rings is 1. The highest BCUT2D eigenvalue weighted by Crippen LogP contribution is 2.26. The third-order valence-corrected chi connectivity index (χ3v) is 4.25. The van der Waals surface area contributed by atoms with Crippen molar-refractivity contribution in [1.29, 1.82) is 0 Å². The van der Waals surface area contributed by atoms with Crippen molar-refractivity contribution in [3.05, 3.63) is 35.4 Å². The van der Waals surface area contributed by atoms with Crippen LogP contribution in [0.4, 0.5) is 0 Å². The van der Waals surface area contributed by atoms with E-state index in [1.807, 2.05) is 31.7 Å². The molecule has 0 fully saturated rings. The quantitative estimate of drug-likeness (QED) is 0.462. The minimum absolute atomic E-state index is 0. The summed E-state index contributed by atoms with van der Waals surface area (Å²) < 4.78 is 0. The molecule has 0 atom stereocenters. The van der Waals surface area contributed by atoms with E-state index < -0.39 is 0 Å². The molecule has 0 radical (unpaired) electrons. The van der Waals surface area contributed by atoms with Crippen molar-refractivity contribution in [2.24, 2.45) is 0 Å². The second-order valence-corrected chi connectivity index (χ2v) is 7.03. The number of halogens is 2. The van der Waals surface area contributed by atoms with Gasteiger partial charge in [-0.05, 0) is 53.5 Å². The maximum atomic E-state index is 2.34. The molecular formula is C11H18I2S2. The van der Waals surface area contributed by atoms with E-state index in [0.29, 0.717) is 0 Å². The molecule has 0 heterocycles. The van der Waals surface area contributed by atoms with Gasteiger partial charge in [0.1, 0.15) is 0 Å². The van der Waals surface area contributed by atoms with E-state index in [4.69, 9.17) is 0 Å². The minimum Gasteiger partial charge on any atom is -0.0846 e. The molecule has 1 aromatic rings. The van der Waals surface area contributed by atoms with Crippen LogP contribution in [0, 0.1) is 0 Å². The zero-order valence-corrected chi connectivity index (χ0v) is 14.2. The molecule has 0 aliphatic heterocycles. The lowest BCUT2D eigenvalue weighted by molar-refractivity contribution is 1.29. The second kappa shape index (κ2) is 13.4. The Bertz CT molecular complexity index is 217. The van der Waals surface area contributed by atoms with Crippen LogP contribution >= 0.6 is 60.3 Å². The van der Waals surface area contributed by atoms with Crippen LogP contribution in [0.1, 0.15) is 32.4 Å². The molecule has 1 aromatic carbocycles. The van der Waals surface area contributed by atoms with Gasteiger partial charge in [-0.3, -0.25) is 0 Å². The first-order valence-corrected chi connectivity index (χ1v) is 11.5. The maximum absolute atomic E-state index is 2.34. The zero-order valence-electron chi connectivity index (χ0n) is 8.30. The Morgan fingerprint density at radius 2 is 1.27 bits per heavy atom. The summed E-state index contributed by atoms with van der Waals surface area (Å²) in [6.45, 7) is 4.00. The molecule has 88 valence electrons. The fraction of sp³-hybridized carbons (Fsp3) is 0.455. The monoisotopic (exact) mass is 468 g/mol. The molecule has 0 spiro atoms. The first-order valence-electron chi connectivity index (χ1n) is 4.42. The summed E-state index contributed by atoms with van der Waals surface area (Å²) in [7, 11) is 3.71. The smallest absolute Gasteiger partial charge is 0.0288 e. The normalized spacial score (nSPS) is 8.53. The summed E-state index contributed by atoms with van der Waals surface area (Å²) in [5.74, 6) is 2.24. The van der Waals surface area contributed by atoms with Crippen molar-refractivity contribution in [2.75, 3.05) is 0 Å². The molecule has 0 bridgehead atoms. The van der Waals surface area contributed by atoms with Crippen LogP contribution in [-0.4, -0.2) is 0 Å². The van der Waals surface area contributed by atoms with E-state index in [-0.39, 0.29) is 7.43 Å². The predicted molar refractivity (Wildman–Crippen MR) is 95.2 cm³/mol. The highest BCUT2D eigenvalue weighted by molar-refractivity contribution is 14.2. The van der Waals surface area contributed by atoms with Crippen molar-refractivity contribution < 1.29 is 0 Å². The Balaban J connectivity index is 0. The third kappa shape index (κ3) is 8.15. The molecule has 0 amide bonds. The second-order valence-electron chi connectivity index (χ2n) is 2.28. The lowest BCUT2D eigenvalue weighted by Gasteiger charge is -2.04. The molecule has 1 rings (SSSR count). The molecule has 0 N–H and O–H groups in total. The molecule has 0 nitrogen and oxygen atoms in total. The Morgan fingerprint density at radius 1 is 0.933 bits per heavy atom. The fourth-order valence-electron chi connectivity index (χ4n) is 0.957. The van der Waals surface area contributed by atoms with Crippen molar-refractivity contribution >= 4 is 60.3 Å². The Hall–Kier alpha value is 1.38. The molecule has 0 unspecified atom stereocenters. The summed E-state index contributed by atoms with van der Waals surface area (Å²) in [5.41, 5.74) is 2.95. The van der Waals surface area contributed by atoms with Crippen molar-refractivity contribution in [2.45, 2.75) is 32.8 Å². The Morgan fingerprint density at radius 3 is 1.53 bits per heavy atom. The van der Waals surface area contributed by atoms with E-state index in [1.54, 1.807) is 0 Å². The van der Waals surface area contributed by atoms with Crippen LogP contribution in [-0.2, 0) is 11.5 Å². The molecule has 0 aliphatic carbocycles. The van der Waals surface area contributed by atoms with Gasteiger partial charge in [-0.2, -0.15) is 0 Å². The lowest BCUT2D eigenvalue weighted by atomic mass is 10.1. The fourth-order valence-corrected chi connectivity index (χ4v) is 3.77. The predicted octanol–water partition coefficient (Wildman–Crippen LogP) is 6.52. The van der Waals surface area contributed by atoms with Crippen LogP contribution in [0.5, 0.6) is 0 Å². The minimum atomic E-state index is 0. The van der Waals surface area contributed by atoms with Gasteiger partial charge in [-0.1, -0.05) is 63.4 Å². The summed E-state index contributed by atoms with van der Waals surface area (Å²) in [4.78, 5) is 0. The summed E-state index contributed by atoms with van der Waals surface area (Å²) in [6, 6.07) is 8.66. The van der Waals surface area contributed by atoms with E-state index >= 15 is 0 Å². The van der Waals surface area contributed by atoms with Gasteiger partial charge in [-0.15, -0.1) is 0 Å². The molecule has 0 aliphatic rings.